The number of hydrogen-bond donors (Lipinski definition) is 0. The van der Waals surface area contributed by atoms with Gasteiger partial charge in [0.15, 0.2) is 6.29 Å². The van der Waals surface area contributed by atoms with E-state index in [1.54, 1.807) is 0 Å². The van der Waals surface area contributed by atoms with Crippen molar-refractivity contribution in [2.24, 2.45) is 0 Å². The minimum Gasteiger partial charge on any atom is -0.343 e. The van der Waals surface area contributed by atoms with E-state index in [2.05, 4.69) is 75.1 Å². The standard InChI is InChI=1S/C20H28O2S2/c1-5-6-12-20(23-13-9-14-24-20)17-15-10-7-8-11-16(15)18(21-17)22-19(2,3)4/h5,7-8,10-11,17-18H,1,6,9,12-14H2,2-4H3. The van der Waals surface area contributed by atoms with Crippen LogP contribution in [0.25, 0.3) is 0 Å². The molecule has 3 rings (SSSR count). The molecular formula is C20H28O2S2. The molecule has 0 aliphatic carbocycles. The van der Waals surface area contributed by atoms with Gasteiger partial charge in [0.1, 0.15) is 6.10 Å². The maximum absolute atomic E-state index is 6.55. The van der Waals surface area contributed by atoms with Gasteiger partial charge in [0.25, 0.3) is 0 Å². The summed E-state index contributed by atoms with van der Waals surface area (Å²) >= 11 is 4.13. The van der Waals surface area contributed by atoms with Gasteiger partial charge < -0.3 is 9.47 Å². The summed E-state index contributed by atoms with van der Waals surface area (Å²) in [6.07, 6.45) is 5.23. The lowest BCUT2D eigenvalue weighted by Gasteiger charge is -2.41. The Bertz CT molecular complexity index is 573. The predicted octanol–water partition coefficient (Wildman–Crippen LogP) is 6.10. The fourth-order valence-corrected chi connectivity index (χ4v) is 6.78. The average Bonchev–Trinajstić information content (AvgIpc) is 2.92. The molecule has 0 radical (unpaired) electrons. The minimum absolute atomic E-state index is 0.0680. The first-order valence-electron chi connectivity index (χ1n) is 8.76. The topological polar surface area (TPSA) is 18.5 Å². The average molecular weight is 365 g/mol. The van der Waals surface area contributed by atoms with Crippen LogP contribution in [0.5, 0.6) is 0 Å². The highest BCUT2D eigenvalue weighted by Gasteiger charge is 2.49. The van der Waals surface area contributed by atoms with Gasteiger partial charge in [-0.05, 0) is 57.1 Å². The molecule has 1 aromatic carbocycles. The summed E-state index contributed by atoms with van der Waals surface area (Å²) in [6.45, 7) is 10.2. The normalized spacial score (nSPS) is 26.1. The molecule has 0 saturated carbocycles. The van der Waals surface area contributed by atoms with E-state index in [1.807, 2.05) is 6.08 Å². The van der Waals surface area contributed by atoms with Crippen molar-refractivity contribution in [1.29, 1.82) is 0 Å². The number of allylic oxidation sites excluding steroid dienone is 1. The summed E-state index contributed by atoms with van der Waals surface area (Å²) in [4.78, 5) is 0. The smallest absolute Gasteiger partial charge is 0.185 e. The Morgan fingerprint density at radius 3 is 2.54 bits per heavy atom. The highest BCUT2D eigenvalue weighted by Crippen LogP contribution is 2.59. The van der Waals surface area contributed by atoms with Crippen LogP contribution in [-0.4, -0.2) is 21.2 Å². The fourth-order valence-electron chi connectivity index (χ4n) is 3.31. The number of fused-ring (bicyclic) bond motifs is 1. The van der Waals surface area contributed by atoms with E-state index in [0.717, 1.165) is 12.8 Å². The van der Waals surface area contributed by atoms with E-state index in [-0.39, 0.29) is 22.1 Å². The van der Waals surface area contributed by atoms with Crippen molar-refractivity contribution in [2.45, 2.75) is 62.1 Å². The Balaban J connectivity index is 1.93. The van der Waals surface area contributed by atoms with Gasteiger partial charge in [-0.1, -0.05) is 30.3 Å². The van der Waals surface area contributed by atoms with Crippen LogP contribution in [0.1, 0.15) is 63.6 Å². The zero-order valence-electron chi connectivity index (χ0n) is 14.9. The van der Waals surface area contributed by atoms with Crippen molar-refractivity contribution in [1.82, 2.24) is 0 Å². The molecule has 0 aromatic heterocycles. The molecule has 2 heterocycles. The summed E-state index contributed by atoms with van der Waals surface area (Å²) in [5.74, 6) is 2.41. The van der Waals surface area contributed by atoms with E-state index < -0.39 is 0 Å². The predicted molar refractivity (Wildman–Crippen MR) is 106 cm³/mol. The summed E-state index contributed by atoms with van der Waals surface area (Å²) in [6, 6.07) is 8.58. The number of benzene rings is 1. The van der Waals surface area contributed by atoms with Crippen LogP contribution < -0.4 is 0 Å². The molecule has 132 valence electrons. The molecule has 1 saturated heterocycles. The molecule has 1 aromatic rings. The largest absolute Gasteiger partial charge is 0.343 e. The lowest BCUT2D eigenvalue weighted by Crippen LogP contribution is -2.33. The Morgan fingerprint density at radius 2 is 1.92 bits per heavy atom. The maximum atomic E-state index is 6.55. The highest BCUT2D eigenvalue weighted by molar-refractivity contribution is 8.18. The second kappa shape index (κ2) is 7.45. The number of hydrogen-bond acceptors (Lipinski definition) is 4. The van der Waals surface area contributed by atoms with Crippen LogP contribution in [0, 0.1) is 0 Å². The van der Waals surface area contributed by atoms with Crippen LogP contribution in [0.15, 0.2) is 36.9 Å². The Labute approximate surface area is 154 Å². The molecule has 0 bridgehead atoms. The van der Waals surface area contributed by atoms with Gasteiger partial charge in [-0.25, -0.2) is 0 Å². The summed E-state index contributed by atoms with van der Waals surface area (Å²) in [7, 11) is 0. The molecule has 24 heavy (non-hydrogen) atoms. The molecule has 0 spiro atoms. The van der Waals surface area contributed by atoms with Crippen molar-refractivity contribution in [2.75, 3.05) is 11.5 Å². The van der Waals surface area contributed by atoms with Gasteiger partial charge in [0, 0.05) is 5.56 Å². The third kappa shape index (κ3) is 3.87. The summed E-state index contributed by atoms with van der Waals surface area (Å²) in [5.41, 5.74) is 2.27. The first-order valence-corrected chi connectivity index (χ1v) is 10.7. The summed E-state index contributed by atoms with van der Waals surface area (Å²) < 4.78 is 12.9. The molecule has 2 nitrogen and oxygen atoms in total. The molecule has 2 unspecified atom stereocenters. The van der Waals surface area contributed by atoms with Crippen LogP contribution in [0.2, 0.25) is 0 Å². The molecule has 2 aliphatic heterocycles. The second-order valence-corrected chi connectivity index (χ2v) is 10.5. The van der Waals surface area contributed by atoms with Crippen molar-refractivity contribution in [3.8, 4) is 0 Å². The van der Waals surface area contributed by atoms with Gasteiger partial charge in [-0.3, -0.25) is 0 Å². The summed E-state index contributed by atoms with van der Waals surface area (Å²) in [5, 5.41) is 0. The Hall–Kier alpha value is -0.420. The van der Waals surface area contributed by atoms with Crippen LogP contribution in [-0.2, 0) is 9.47 Å². The lowest BCUT2D eigenvalue weighted by molar-refractivity contribution is -0.209. The minimum atomic E-state index is -0.269. The molecule has 2 aliphatic rings. The maximum Gasteiger partial charge on any atom is 0.185 e. The van der Waals surface area contributed by atoms with Gasteiger partial charge >= 0.3 is 0 Å². The fraction of sp³-hybridized carbons (Fsp3) is 0.600. The van der Waals surface area contributed by atoms with Gasteiger partial charge in [-0.2, -0.15) is 0 Å². The van der Waals surface area contributed by atoms with Crippen LogP contribution >= 0.6 is 23.5 Å². The zero-order valence-corrected chi connectivity index (χ0v) is 16.6. The second-order valence-electron chi connectivity index (χ2n) is 7.40. The van der Waals surface area contributed by atoms with Crippen molar-refractivity contribution < 1.29 is 9.47 Å². The third-order valence-corrected chi connectivity index (χ3v) is 7.84. The molecule has 2 atom stereocenters. The monoisotopic (exact) mass is 364 g/mol. The van der Waals surface area contributed by atoms with Crippen LogP contribution in [0.4, 0.5) is 0 Å². The molecular weight excluding hydrogens is 336 g/mol. The van der Waals surface area contributed by atoms with Crippen molar-refractivity contribution >= 4 is 23.5 Å². The number of ether oxygens (including phenoxy) is 2. The number of rotatable bonds is 5. The Kier molecular flexibility index (Phi) is 5.70. The first kappa shape index (κ1) is 18.4. The van der Waals surface area contributed by atoms with E-state index in [4.69, 9.17) is 9.47 Å². The van der Waals surface area contributed by atoms with Gasteiger partial charge in [0.05, 0.1) is 9.68 Å². The lowest BCUT2D eigenvalue weighted by atomic mass is 9.99. The molecule has 1 fully saturated rings. The molecule has 0 amide bonds. The number of thioether (sulfide) groups is 2. The Morgan fingerprint density at radius 1 is 1.25 bits per heavy atom. The zero-order chi connectivity index (χ0) is 17.2. The van der Waals surface area contributed by atoms with Crippen molar-refractivity contribution in [3.63, 3.8) is 0 Å². The first-order chi connectivity index (χ1) is 11.5. The van der Waals surface area contributed by atoms with Crippen LogP contribution in [0.3, 0.4) is 0 Å². The van der Waals surface area contributed by atoms with E-state index in [1.165, 1.54) is 29.1 Å². The van der Waals surface area contributed by atoms with Gasteiger partial charge in [0.2, 0.25) is 0 Å². The molecule has 4 heteroatoms. The molecule has 0 N–H and O–H groups in total. The van der Waals surface area contributed by atoms with Crippen molar-refractivity contribution in [3.05, 3.63) is 48.0 Å². The van der Waals surface area contributed by atoms with E-state index in [9.17, 15) is 0 Å². The van der Waals surface area contributed by atoms with E-state index >= 15 is 0 Å². The van der Waals surface area contributed by atoms with Gasteiger partial charge in [-0.15, -0.1) is 30.1 Å². The van der Waals surface area contributed by atoms with E-state index in [0.29, 0.717) is 0 Å². The third-order valence-electron chi connectivity index (χ3n) is 4.33. The quantitative estimate of drug-likeness (QED) is 0.587. The highest BCUT2D eigenvalue weighted by atomic mass is 32.2. The SMILES string of the molecule is C=CCCC1(C2OC(OC(C)(C)C)c3ccccc32)SCCCS1.